The molecule has 0 amide bonds. The maximum Gasteiger partial charge on any atom is 1.00 e. The number of carbonyl (C=O) groups excluding carboxylic acids is 2. The summed E-state index contributed by atoms with van der Waals surface area (Å²) >= 11 is 0. The van der Waals surface area contributed by atoms with Crippen molar-refractivity contribution in [1.29, 1.82) is 0 Å². The van der Waals surface area contributed by atoms with E-state index in [2.05, 4.69) is 0 Å². The normalized spacial score (nSPS) is 11.7. The van der Waals surface area contributed by atoms with Gasteiger partial charge >= 0.3 is 59.1 Å². The van der Waals surface area contributed by atoms with Crippen molar-refractivity contribution in [3.63, 3.8) is 0 Å². The fourth-order valence-electron chi connectivity index (χ4n) is 3.28. The number of carboxylic acid groups (broad SMARTS) is 2. The van der Waals surface area contributed by atoms with Crippen molar-refractivity contribution in [2.24, 2.45) is 5.92 Å². The van der Waals surface area contributed by atoms with Gasteiger partial charge in [-0.2, -0.15) is 0 Å². The summed E-state index contributed by atoms with van der Waals surface area (Å²) in [6.07, 6.45) is -1.06. The standard InChI is InChI=1S/C21H25O5P.2Na/c1-13-5-7-15(3)18(9-13)27(26,12-17(21(24)25)11-20(22)23)19-10-14(2)6-8-16(19)4;;/h5-10,17H,11-12H2,1-4H3,(H,22,23)(H,24,25);;/q;2*+1/p-2. The van der Waals surface area contributed by atoms with E-state index in [0.717, 1.165) is 22.3 Å². The fourth-order valence-corrected chi connectivity index (χ4v) is 6.94. The molecule has 8 heteroatoms. The molecule has 0 fully saturated rings. The van der Waals surface area contributed by atoms with Gasteiger partial charge in [0.2, 0.25) is 0 Å². The van der Waals surface area contributed by atoms with Gasteiger partial charge in [-0.15, -0.1) is 0 Å². The molecule has 0 aliphatic rings. The van der Waals surface area contributed by atoms with Crippen LogP contribution in [0.4, 0.5) is 0 Å². The third-order valence-corrected chi connectivity index (χ3v) is 8.21. The molecule has 0 saturated heterocycles. The molecule has 1 unspecified atom stereocenters. The van der Waals surface area contributed by atoms with E-state index < -0.39 is 31.4 Å². The molecule has 29 heavy (non-hydrogen) atoms. The van der Waals surface area contributed by atoms with Crippen molar-refractivity contribution < 1.29 is 83.5 Å². The Morgan fingerprint density at radius 3 is 1.62 bits per heavy atom. The van der Waals surface area contributed by atoms with Crippen LogP contribution in [0.3, 0.4) is 0 Å². The van der Waals surface area contributed by atoms with E-state index in [1.807, 2.05) is 52.0 Å². The SMILES string of the molecule is Cc1ccc(C)c(P(=O)(CC(CC(=O)[O-])C(=O)[O-])c2cc(C)ccc2C)c1.[Na+].[Na+]. The molecule has 1 atom stereocenters. The Hall–Kier alpha value is -0.390. The molecule has 0 heterocycles. The molecule has 0 N–H and O–H groups in total. The molecule has 0 bridgehead atoms. The molecule has 0 spiro atoms. The average molecular weight is 432 g/mol. The first-order valence-electron chi connectivity index (χ1n) is 8.70. The molecule has 144 valence electrons. The van der Waals surface area contributed by atoms with Crippen LogP contribution >= 0.6 is 7.14 Å². The smallest absolute Gasteiger partial charge is 0.550 e. The average Bonchev–Trinajstić information content (AvgIpc) is 2.58. The van der Waals surface area contributed by atoms with Gasteiger partial charge in [0.15, 0.2) is 0 Å². The third-order valence-electron chi connectivity index (χ3n) is 4.73. The van der Waals surface area contributed by atoms with Gasteiger partial charge in [0.25, 0.3) is 0 Å². The van der Waals surface area contributed by atoms with Crippen LogP contribution in [0.25, 0.3) is 0 Å². The molecule has 5 nitrogen and oxygen atoms in total. The van der Waals surface area contributed by atoms with Crippen molar-refractivity contribution in [2.45, 2.75) is 34.1 Å². The minimum Gasteiger partial charge on any atom is -0.550 e. The number of aryl methyl sites for hydroxylation is 4. The number of aliphatic carboxylic acids is 2. The molecule has 2 rings (SSSR count). The number of carboxylic acids is 2. The van der Waals surface area contributed by atoms with Gasteiger partial charge in [-0.25, -0.2) is 0 Å². The van der Waals surface area contributed by atoms with Gasteiger partial charge in [0, 0.05) is 34.6 Å². The Balaban J connectivity index is 0.00000392. The quantitative estimate of drug-likeness (QED) is 0.322. The van der Waals surface area contributed by atoms with E-state index in [1.54, 1.807) is 12.1 Å². The summed E-state index contributed by atoms with van der Waals surface area (Å²) in [6.45, 7) is 7.38. The van der Waals surface area contributed by atoms with Crippen molar-refractivity contribution in [3.8, 4) is 0 Å². The summed E-state index contributed by atoms with van der Waals surface area (Å²) in [5.74, 6) is -4.44. The third kappa shape index (κ3) is 7.07. The number of hydrogen-bond acceptors (Lipinski definition) is 5. The maximum absolute atomic E-state index is 14.4. The first-order chi connectivity index (χ1) is 12.5. The Labute approximate surface area is 216 Å². The molecule has 0 aliphatic heterocycles. The van der Waals surface area contributed by atoms with Crippen LogP contribution in [0.5, 0.6) is 0 Å². The Kier molecular flexibility index (Phi) is 11.7. The van der Waals surface area contributed by atoms with E-state index in [9.17, 15) is 24.4 Å². The predicted molar refractivity (Wildman–Crippen MR) is 102 cm³/mol. The molecule has 2 aromatic carbocycles. The van der Waals surface area contributed by atoms with Crippen molar-refractivity contribution in [3.05, 3.63) is 58.7 Å². The number of hydrogen-bond donors (Lipinski definition) is 0. The molecule has 0 aliphatic carbocycles. The second-order valence-electron chi connectivity index (χ2n) is 7.09. The first-order valence-corrected chi connectivity index (χ1v) is 10.6. The number of rotatable bonds is 7. The van der Waals surface area contributed by atoms with Crippen LogP contribution in [-0.2, 0) is 14.2 Å². The number of carbonyl (C=O) groups is 2. The zero-order valence-corrected chi connectivity index (χ0v) is 22.8. The minimum atomic E-state index is -3.43. The van der Waals surface area contributed by atoms with Crippen LogP contribution in [0, 0.1) is 33.6 Å². The second-order valence-corrected chi connectivity index (χ2v) is 9.90. The summed E-state index contributed by atoms with van der Waals surface area (Å²) < 4.78 is 14.4. The van der Waals surface area contributed by atoms with Gasteiger partial charge in [-0.1, -0.05) is 35.4 Å². The van der Waals surface area contributed by atoms with Crippen LogP contribution in [0.2, 0.25) is 0 Å². The monoisotopic (exact) mass is 432 g/mol. The summed E-state index contributed by atoms with van der Waals surface area (Å²) in [6, 6.07) is 11.1. The predicted octanol–water partition coefficient (Wildman–Crippen LogP) is -5.25. The van der Waals surface area contributed by atoms with Gasteiger partial charge < -0.3 is 24.4 Å². The van der Waals surface area contributed by atoms with E-state index >= 15 is 0 Å². The van der Waals surface area contributed by atoms with Gasteiger partial charge in [0.1, 0.15) is 7.14 Å². The Morgan fingerprint density at radius 1 is 0.862 bits per heavy atom. The molecule has 0 saturated carbocycles. The molecule has 0 aromatic heterocycles. The zero-order chi connectivity index (χ0) is 20.4. The first kappa shape index (κ1) is 28.6. The molecular formula is C21H23Na2O5P. The van der Waals surface area contributed by atoms with Crippen molar-refractivity contribution >= 4 is 29.7 Å². The van der Waals surface area contributed by atoms with Crippen LogP contribution in [-0.4, -0.2) is 18.1 Å². The topological polar surface area (TPSA) is 97.3 Å². The van der Waals surface area contributed by atoms with Gasteiger partial charge in [0.05, 0.1) is 0 Å². The maximum atomic E-state index is 14.4. The molecular weight excluding hydrogens is 409 g/mol. The largest absolute Gasteiger partial charge is 1.00 e. The van der Waals surface area contributed by atoms with Gasteiger partial charge in [-0.3, -0.25) is 0 Å². The minimum absolute atomic E-state index is 0. The Morgan fingerprint density at radius 2 is 1.28 bits per heavy atom. The zero-order valence-electron chi connectivity index (χ0n) is 17.9. The van der Waals surface area contributed by atoms with Crippen LogP contribution < -0.4 is 79.9 Å². The molecule has 2 aromatic rings. The summed E-state index contributed by atoms with van der Waals surface area (Å²) in [5.41, 5.74) is 3.34. The summed E-state index contributed by atoms with van der Waals surface area (Å²) in [7, 11) is -3.43. The summed E-state index contributed by atoms with van der Waals surface area (Å²) in [4.78, 5) is 22.6. The second kappa shape index (κ2) is 11.9. The van der Waals surface area contributed by atoms with E-state index in [-0.39, 0.29) is 65.3 Å². The molecule has 0 radical (unpaired) electrons. The fraction of sp³-hybridized carbons (Fsp3) is 0.333. The van der Waals surface area contributed by atoms with Crippen molar-refractivity contribution in [1.82, 2.24) is 0 Å². The summed E-state index contributed by atoms with van der Waals surface area (Å²) in [5, 5.41) is 23.7. The van der Waals surface area contributed by atoms with E-state index in [0.29, 0.717) is 10.6 Å². The van der Waals surface area contributed by atoms with Crippen molar-refractivity contribution in [2.75, 3.05) is 6.16 Å². The Bertz CT molecular complexity index is 887. The van der Waals surface area contributed by atoms with E-state index in [4.69, 9.17) is 0 Å². The van der Waals surface area contributed by atoms with Crippen LogP contribution in [0.15, 0.2) is 36.4 Å². The van der Waals surface area contributed by atoms with Gasteiger partial charge in [-0.05, 0) is 57.4 Å². The number of benzene rings is 2. The van der Waals surface area contributed by atoms with E-state index in [1.165, 1.54) is 0 Å². The van der Waals surface area contributed by atoms with Crippen LogP contribution in [0.1, 0.15) is 28.7 Å².